The lowest BCUT2D eigenvalue weighted by Gasteiger charge is -1.83. The number of amides is 1. The van der Waals surface area contributed by atoms with E-state index >= 15 is 0 Å². The molecule has 0 unspecified atom stereocenters. The fraction of sp³-hybridized carbons (Fsp3) is 0.200. The van der Waals surface area contributed by atoms with Crippen LogP contribution in [0.1, 0.15) is 11.9 Å². The minimum absolute atomic E-state index is 0. The van der Waals surface area contributed by atoms with Gasteiger partial charge in [0.1, 0.15) is 5.69 Å². The zero-order valence-corrected chi connectivity index (χ0v) is 5.03. The van der Waals surface area contributed by atoms with Crippen molar-refractivity contribution in [3.63, 3.8) is 0 Å². The van der Waals surface area contributed by atoms with E-state index in [1.165, 1.54) is 4.68 Å². The average molecular weight is 127 g/mol. The maximum Gasteiger partial charge on any atom is 0.269 e. The highest BCUT2D eigenvalue weighted by molar-refractivity contribution is 5.90. The van der Waals surface area contributed by atoms with E-state index in [1.807, 2.05) is 0 Å². The van der Waals surface area contributed by atoms with Gasteiger partial charge < -0.3 is 5.73 Å². The molecule has 0 bridgehead atoms. The first-order valence-electron chi connectivity index (χ1n) is 2.49. The van der Waals surface area contributed by atoms with Gasteiger partial charge in [-0.25, -0.2) is 0 Å². The van der Waals surface area contributed by atoms with Gasteiger partial charge in [0.2, 0.25) is 0 Å². The zero-order chi connectivity index (χ0) is 6.85. The molecule has 50 valence electrons. The molecule has 1 heterocycles. The molecule has 0 fully saturated rings. The van der Waals surface area contributed by atoms with Crippen molar-refractivity contribution < 1.29 is 6.22 Å². The first-order chi connectivity index (χ1) is 4.20. The highest BCUT2D eigenvalue weighted by atomic mass is 16.1. The van der Waals surface area contributed by atoms with E-state index in [0.29, 0.717) is 5.69 Å². The molecule has 1 rings (SSSR count). The Morgan fingerprint density at radius 3 is 2.89 bits per heavy atom. The Morgan fingerprint density at radius 1 is 2.00 bits per heavy atom. The summed E-state index contributed by atoms with van der Waals surface area (Å²) in [4.78, 5) is 10.4. The van der Waals surface area contributed by atoms with Gasteiger partial charge in [0, 0.05) is 14.7 Å². The molecular weight excluding hydrogens is 118 g/mol. The Labute approximate surface area is 53.8 Å². The van der Waals surface area contributed by atoms with Crippen LogP contribution in [0.5, 0.6) is 0 Å². The van der Waals surface area contributed by atoms with Gasteiger partial charge in [-0.05, 0) is 6.07 Å². The van der Waals surface area contributed by atoms with Crippen LogP contribution in [0.15, 0.2) is 12.3 Å². The molecule has 0 aliphatic heterocycles. The monoisotopic (exact) mass is 127 g/mol. The van der Waals surface area contributed by atoms with Crippen LogP contribution in [0.25, 0.3) is 0 Å². The van der Waals surface area contributed by atoms with Crippen LogP contribution in [0, 0.1) is 0 Å². The van der Waals surface area contributed by atoms with Crippen molar-refractivity contribution in [2.75, 3.05) is 0 Å². The average Bonchev–Trinajstić information content (AvgIpc) is 2.14. The van der Waals surface area contributed by atoms with Gasteiger partial charge in [-0.15, -0.1) is 0 Å². The Bertz CT molecular complexity index is 233. The summed E-state index contributed by atoms with van der Waals surface area (Å²) in [5, 5.41) is 3.75. The van der Waals surface area contributed by atoms with Crippen molar-refractivity contribution in [3.05, 3.63) is 18.0 Å². The maximum atomic E-state index is 10.4. The van der Waals surface area contributed by atoms with Crippen LogP contribution >= 0.6 is 0 Å². The summed E-state index contributed by atoms with van der Waals surface area (Å²) in [7, 11) is 1.73. The number of rotatable bonds is 1. The van der Waals surface area contributed by atoms with Crippen LogP contribution in [-0.2, 0) is 7.05 Å². The molecule has 1 aromatic heterocycles. The molecule has 0 spiro atoms. The van der Waals surface area contributed by atoms with Crippen molar-refractivity contribution >= 4 is 5.91 Å². The summed E-state index contributed by atoms with van der Waals surface area (Å²) in [6, 6.07) is 1.57. The number of carbonyl (C=O) groups is 1. The van der Waals surface area contributed by atoms with Crippen molar-refractivity contribution in [1.82, 2.24) is 9.78 Å². The Kier molecular flexibility index (Phi) is 1.22. The normalized spacial score (nSPS) is 9.44. The second-order valence-electron chi connectivity index (χ2n) is 1.74. The predicted molar refractivity (Wildman–Crippen MR) is 33.8 cm³/mol. The molecule has 0 saturated carbocycles. The highest BCUT2D eigenvalue weighted by Gasteiger charge is 2.00. The van der Waals surface area contributed by atoms with Gasteiger partial charge in [-0.3, -0.25) is 9.48 Å². The Morgan fingerprint density at radius 2 is 2.67 bits per heavy atom. The van der Waals surface area contributed by atoms with Crippen LogP contribution in [-0.4, -0.2) is 15.7 Å². The fourth-order valence-electron chi connectivity index (χ4n) is 0.546. The number of carbonyl (C=O) groups excluding carboxylic acids is 1. The van der Waals surface area contributed by atoms with E-state index in [0.717, 1.165) is 0 Å². The third kappa shape index (κ3) is 1.07. The first kappa shape index (κ1) is 5.81. The Balaban J connectivity index is 0.000000810. The molecule has 0 radical (unpaired) electrons. The molecule has 0 saturated heterocycles. The third-order valence-corrected chi connectivity index (χ3v) is 0.966. The number of primary amides is 1. The summed E-state index contributed by atoms with van der Waals surface area (Å²) < 4.78 is 1.53. The minimum Gasteiger partial charge on any atom is -0.364 e. The molecule has 0 aliphatic carbocycles. The molecule has 0 aromatic carbocycles. The van der Waals surface area contributed by atoms with Gasteiger partial charge in [-0.2, -0.15) is 5.10 Å². The molecule has 4 nitrogen and oxygen atoms in total. The van der Waals surface area contributed by atoms with E-state index in [9.17, 15) is 4.79 Å². The van der Waals surface area contributed by atoms with Gasteiger partial charge >= 0.3 is 0 Å². The van der Waals surface area contributed by atoms with Gasteiger partial charge in [0.05, 0.1) is 0 Å². The number of aryl methyl sites for hydroxylation is 1. The quantitative estimate of drug-likeness (QED) is 0.566. The van der Waals surface area contributed by atoms with Crippen molar-refractivity contribution in [1.29, 1.82) is 0 Å². The highest BCUT2D eigenvalue weighted by Crippen LogP contribution is 1.89. The van der Waals surface area contributed by atoms with E-state index < -0.39 is 5.91 Å². The Hall–Kier alpha value is -1.32. The van der Waals surface area contributed by atoms with Gasteiger partial charge in [0.25, 0.3) is 5.91 Å². The van der Waals surface area contributed by atoms with Crippen molar-refractivity contribution in [3.8, 4) is 0 Å². The molecule has 2 N–H and O–H groups in total. The summed E-state index contributed by atoms with van der Waals surface area (Å²) in [5.41, 5.74) is 5.22. The van der Waals surface area contributed by atoms with Crippen LogP contribution in [0.2, 0.25) is 0 Å². The zero-order valence-electron chi connectivity index (χ0n) is 5.03. The maximum absolute atomic E-state index is 10.4. The number of nitrogens with zero attached hydrogens (tertiary/aromatic N) is 2. The van der Waals surface area contributed by atoms with E-state index in [-0.39, 0.29) is 1.43 Å². The van der Waals surface area contributed by atoms with Crippen LogP contribution in [0.4, 0.5) is 0 Å². The van der Waals surface area contributed by atoms with Crippen LogP contribution in [0.3, 0.4) is 0 Å². The van der Waals surface area contributed by atoms with Gasteiger partial charge in [-0.1, -0.05) is 0 Å². The summed E-state index contributed by atoms with van der Waals surface area (Å²) in [6.45, 7) is 0. The molecule has 9 heavy (non-hydrogen) atoms. The summed E-state index contributed by atoms with van der Waals surface area (Å²) in [5.74, 6) is -0.490. The number of nitrogens with two attached hydrogens (primary N) is 1. The first-order valence-corrected chi connectivity index (χ1v) is 2.49. The second kappa shape index (κ2) is 1.89. The summed E-state index contributed by atoms with van der Waals surface area (Å²) >= 11 is 0. The molecule has 4 heteroatoms. The third-order valence-electron chi connectivity index (χ3n) is 0.966. The molecule has 0 atom stereocenters. The van der Waals surface area contributed by atoms with E-state index in [1.54, 1.807) is 19.3 Å². The fourth-order valence-corrected chi connectivity index (χ4v) is 0.546. The number of aromatic nitrogens is 2. The van der Waals surface area contributed by atoms with Crippen LogP contribution < -0.4 is 5.73 Å². The van der Waals surface area contributed by atoms with Crippen molar-refractivity contribution in [2.24, 2.45) is 12.8 Å². The lowest BCUT2D eigenvalue weighted by atomic mass is 10.4. The second-order valence-corrected chi connectivity index (χ2v) is 1.74. The van der Waals surface area contributed by atoms with Crippen molar-refractivity contribution in [2.45, 2.75) is 0 Å². The van der Waals surface area contributed by atoms with Gasteiger partial charge in [0.15, 0.2) is 0 Å². The molecule has 1 aromatic rings. The van der Waals surface area contributed by atoms with E-state index in [4.69, 9.17) is 5.73 Å². The number of hydrogen-bond acceptors (Lipinski definition) is 2. The van der Waals surface area contributed by atoms with E-state index in [2.05, 4.69) is 5.10 Å². The lowest BCUT2D eigenvalue weighted by Crippen LogP contribution is -2.11. The molecule has 0 aliphatic rings. The standard InChI is InChI=1S/C5H7N3O.H2/c1-8-3-2-4(7-8)5(6)9;/h2-3H,1H3,(H2,6,9);1H. The smallest absolute Gasteiger partial charge is 0.269 e. The summed E-state index contributed by atoms with van der Waals surface area (Å²) in [6.07, 6.45) is 1.67. The SMILES string of the molecule is Cn1ccc(C(N)=O)n1.[HH]. The lowest BCUT2D eigenvalue weighted by molar-refractivity contribution is 0.0995. The minimum atomic E-state index is -0.490. The molecule has 1 amide bonds. The largest absolute Gasteiger partial charge is 0.364 e. The topological polar surface area (TPSA) is 60.9 Å². The molecular formula is C5H9N3O. The number of hydrogen-bond donors (Lipinski definition) is 1. The predicted octanol–water partition coefficient (Wildman–Crippen LogP) is -0.235.